The smallest absolute Gasteiger partial charge is 0.0314 e. The summed E-state index contributed by atoms with van der Waals surface area (Å²) < 4.78 is 0. The Morgan fingerprint density at radius 3 is 1.91 bits per heavy atom. The topological polar surface area (TPSA) is 0 Å². The molecule has 0 nitrogen and oxygen atoms in total. The summed E-state index contributed by atoms with van der Waals surface area (Å²) in [4.78, 5) is 0. The van der Waals surface area contributed by atoms with E-state index in [9.17, 15) is 0 Å². The van der Waals surface area contributed by atoms with Crippen LogP contribution in [0.15, 0.2) is 12.2 Å². The number of hydrogen-bond donors (Lipinski definition) is 0. The molecule has 0 aromatic rings. The standard InChI is InChI=1S/C11H14/c1-2-4-7-8-5-9-10(11(7)9)6(8)3-1/h1-2,6-11H,3-5H2. The first-order valence-electron chi connectivity index (χ1n) is 5.12. The molecule has 4 saturated carbocycles. The van der Waals surface area contributed by atoms with Gasteiger partial charge in [-0.2, -0.15) is 0 Å². The Morgan fingerprint density at radius 1 is 0.727 bits per heavy atom. The SMILES string of the molecule is C1=CCC2C3CC4C(C3C1)C24. The Hall–Kier alpha value is -0.260. The zero-order valence-electron chi connectivity index (χ0n) is 6.74. The van der Waals surface area contributed by atoms with Gasteiger partial charge in [0.05, 0.1) is 0 Å². The minimum Gasteiger partial charge on any atom is -0.0882 e. The molecular weight excluding hydrogens is 132 g/mol. The van der Waals surface area contributed by atoms with E-state index in [0.717, 1.165) is 11.8 Å². The van der Waals surface area contributed by atoms with Crippen LogP contribution in [0.3, 0.4) is 0 Å². The molecule has 0 N–H and O–H groups in total. The Balaban J connectivity index is 1.86. The van der Waals surface area contributed by atoms with Gasteiger partial charge in [-0.15, -0.1) is 0 Å². The second-order valence-corrected chi connectivity index (χ2v) is 4.99. The molecule has 0 amide bonds. The summed E-state index contributed by atoms with van der Waals surface area (Å²) in [6.45, 7) is 0. The monoisotopic (exact) mass is 146 g/mol. The molecular formula is C11H14. The predicted molar refractivity (Wildman–Crippen MR) is 43.9 cm³/mol. The van der Waals surface area contributed by atoms with Crippen LogP contribution in [0.2, 0.25) is 0 Å². The number of rotatable bonds is 0. The van der Waals surface area contributed by atoms with E-state index in [0.29, 0.717) is 0 Å². The van der Waals surface area contributed by atoms with Crippen LogP contribution in [0.4, 0.5) is 0 Å². The van der Waals surface area contributed by atoms with Gasteiger partial charge in [0.15, 0.2) is 0 Å². The molecule has 4 fully saturated rings. The van der Waals surface area contributed by atoms with Gasteiger partial charge < -0.3 is 0 Å². The summed E-state index contributed by atoms with van der Waals surface area (Å²) in [5.74, 6) is 7.12. The van der Waals surface area contributed by atoms with Crippen LogP contribution in [-0.4, -0.2) is 0 Å². The predicted octanol–water partition coefficient (Wildman–Crippen LogP) is 2.46. The number of hydrogen-bond acceptors (Lipinski definition) is 0. The first-order chi connectivity index (χ1) is 5.47. The summed E-state index contributed by atoms with van der Waals surface area (Å²) >= 11 is 0. The maximum atomic E-state index is 2.45. The van der Waals surface area contributed by atoms with E-state index in [1.807, 2.05) is 0 Å². The second kappa shape index (κ2) is 1.44. The highest BCUT2D eigenvalue weighted by Gasteiger charge is 2.72. The van der Waals surface area contributed by atoms with Crippen molar-refractivity contribution >= 4 is 0 Å². The van der Waals surface area contributed by atoms with Crippen molar-refractivity contribution in [2.75, 3.05) is 0 Å². The highest BCUT2D eigenvalue weighted by Crippen LogP contribution is 2.77. The average molecular weight is 146 g/mol. The van der Waals surface area contributed by atoms with Gasteiger partial charge in [0.2, 0.25) is 0 Å². The summed E-state index contributed by atoms with van der Waals surface area (Å²) in [6.07, 6.45) is 9.38. The molecule has 0 spiro atoms. The highest BCUT2D eigenvalue weighted by atomic mass is 14.8. The van der Waals surface area contributed by atoms with Crippen LogP contribution in [-0.2, 0) is 0 Å². The van der Waals surface area contributed by atoms with E-state index in [1.54, 1.807) is 6.42 Å². The molecule has 58 valence electrons. The van der Waals surface area contributed by atoms with Gasteiger partial charge in [-0.3, -0.25) is 0 Å². The lowest BCUT2D eigenvalue weighted by Gasteiger charge is -2.15. The Kier molecular flexibility index (Phi) is 0.706. The lowest BCUT2D eigenvalue weighted by Crippen LogP contribution is -2.08. The van der Waals surface area contributed by atoms with Crippen molar-refractivity contribution in [1.82, 2.24) is 0 Å². The fraction of sp³-hybridized carbons (Fsp3) is 0.818. The van der Waals surface area contributed by atoms with Crippen molar-refractivity contribution in [2.24, 2.45) is 35.5 Å². The molecule has 4 atom stereocenters. The van der Waals surface area contributed by atoms with Crippen LogP contribution < -0.4 is 0 Å². The van der Waals surface area contributed by atoms with Crippen LogP contribution in [0.25, 0.3) is 0 Å². The Morgan fingerprint density at radius 2 is 1.36 bits per heavy atom. The molecule has 0 radical (unpaired) electrons. The van der Waals surface area contributed by atoms with Crippen LogP contribution in [0.5, 0.6) is 0 Å². The lowest BCUT2D eigenvalue weighted by molar-refractivity contribution is 0.348. The summed E-state index contributed by atoms with van der Waals surface area (Å²) in [7, 11) is 0. The van der Waals surface area contributed by atoms with Crippen molar-refractivity contribution in [2.45, 2.75) is 19.3 Å². The first kappa shape index (κ1) is 5.40. The molecule has 0 saturated heterocycles. The fourth-order valence-corrected chi connectivity index (χ4v) is 4.67. The lowest BCUT2D eigenvalue weighted by atomic mass is 9.90. The Labute approximate surface area is 67.7 Å². The van der Waals surface area contributed by atoms with E-state index in [-0.39, 0.29) is 0 Å². The van der Waals surface area contributed by atoms with E-state index < -0.39 is 0 Å². The highest BCUT2D eigenvalue weighted by molar-refractivity contribution is 5.23. The minimum atomic E-state index is 1.15. The van der Waals surface area contributed by atoms with Crippen LogP contribution >= 0.6 is 0 Å². The molecule has 11 heavy (non-hydrogen) atoms. The van der Waals surface area contributed by atoms with Crippen molar-refractivity contribution in [3.63, 3.8) is 0 Å². The van der Waals surface area contributed by atoms with E-state index >= 15 is 0 Å². The molecule has 0 heterocycles. The van der Waals surface area contributed by atoms with Gasteiger partial charge in [0, 0.05) is 0 Å². The summed E-state index contributed by atoms with van der Waals surface area (Å²) in [5.41, 5.74) is 0. The fourth-order valence-electron chi connectivity index (χ4n) is 4.67. The van der Waals surface area contributed by atoms with Gasteiger partial charge >= 0.3 is 0 Å². The third-order valence-corrected chi connectivity index (χ3v) is 4.91. The zero-order valence-corrected chi connectivity index (χ0v) is 6.74. The van der Waals surface area contributed by atoms with Crippen LogP contribution in [0, 0.1) is 35.5 Å². The normalized spacial score (nSPS) is 68.4. The third-order valence-electron chi connectivity index (χ3n) is 4.91. The third kappa shape index (κ3) is 0.432. The van der Waals surface area contributed by atoms with Gasteiger partial charge in [0.25, 0.3) is 0 Å². The van der Waals surface area contributed by atoms with E-state index in [4.69, 9.17) is 0 Å². The van der Waals surface area contributed by atoms with Crippen molar-refractivity contribution in [3.05, 3.63) is 12.2 Å². The maximum absolute atomic E-state index is 2.45. The van der Waals surface area contributed by atoms with Crippen molar-refractivity contribution < 1.29 is 0 Å². The molecule has 5 rings (SSSR count). The van der Waals surface area contributed by atoms with Gasteiger partial charge in [-0.1, -0.05) is 12.2 Å². The Bertz CT molecular complexity index is 218. The zero-order chi connectivity index (χ0) is 7.00. The first-order valence-corrected chi connectivity index (χ1v) is 5.12. The van der Waals surface area contributed by atoms with E-state index in [1.165, 1.54) is 36.5 Å². The number of allylic oxidation sites excluding steroid dienone is 2. The second-order valence-electron chi connectivity index (χ2n) is 4.99. The molecule has 0 heteroatoms. The average Bonchev–Trinajstić information content (AvgIpc) is 2.27. The van der Waals surface area contributed by atoms with Crippen molar-refractivity contribution in [1.29, 1.82) is 0 Å². The maximum Gasteiger partial charge on any atom is -0.0314 e. The van der Waals surface area contributed by atoms with E-state index in [2.05, 4.69) is 12.2 Å². The summed E-state index contributed by atoms with van der Waals surface area (Å²) in [6, 6.07) is 0. The quantitative estimate of drug-likeness (QED) is 0.460. The molecule has 4 unspecified atom stereocenters. The van der Waals surface area contributed by atoms with Gasteiger partial charge in [-0.25, -0.2) is 0 Å². The minimum absolute atomic E-state index is 1.15. The molecule has 5 aliphatic rings. The van der Waals surface area contributed by atoms with Gasteiger partial charge in [0.1, 0.15) is 0 Å². The van der Waals surface area contributed by atoms with Gasteiger partial charge in [-0.05, 0) is 54.8 Å². The molecule has 5 aliphatic carbocycles. The van der Waals surface area contributed by atoms with Crippen molar-refractivity contribution in [3.8, 4) is 0 Å². The summed E-state index contributed by atoms with van der Waals surface area (Å²) in [5, 5.41) is 0. The molecule has 0 aliphatic heterocycles. The molecule has 0 aromatic heterocycles. The van der Waals surface area contributed by atoms with Crippen LogP contribution in [0.1, 0.15) is 19.3 Å². The largest absolute Gasteiger partial charge is 0.0882 e. The molecule has 0 aromatic carbocycles. The molecule has 6 bridgehead atoms.